The Labute approximate surface area is 140 Å². The van der Waals surface area contributed by atoms with E-state index in [1.165, 1.54) is 12.1 Å². The average Bonchev–Trinajstić information content (AvgIpc) is 2.53. The van der Waals surface area contributed by atoms with E-state index in [1.54, 1.807) is 23.9 Å². The quantitative estimate of drug-likeness (QED) is 0.790. The number of hydrogen-bond acceptors (Lipinski definition) is 5. The lowest BCUT2D eigenvalue weighted by Crippen LogP contribution is -2.12. The van der Waals surface area contributed by atoms with Crippen molar-refractivity contribution in [1.29, 1.82) is 0 Å². The molecule has 1 heterocycles. The summed E-state index contributed by atoms with van der Waals surface area (Å²) in [6.45, 7) is 3.90. The Balaban J connectivity index is 1.89. The standard InChI is InChI=1S/C17H17NO3S2/c1-12-3-6-14(7-4-12)23(19,20)21-18-16-9-10-22-17-8-5-13(2)11-15(16)17/h3-8,11H,9-10H2,1-2H3. The van der Waals surface area contributed by atoms with Gasteiger partial charge in [0.1, 0.15) is 4.90 Å². The van der Waals surface area contributed by atoms with E-state index >= 15 is 0 Å². The molecule has 0 saturated carbocycles. The van der Waals surface area contributed by atoms with Gasteiger partial charge in [0.25, 0.3) is 0 Å². The van der Waals surface area contributed by atoms with Gasteiger partial charge in [-0.2, -0.15) is 8.42 Å². The minimum absolute atomic E-state index is 0.113. The van der Waals surface area contributed by atoms with E-state index in [9.17, 15) is 8.42 Å². The molecule has 0 aliphatic carbocycles. The Hall–Kier alpha value is -1.79. The van der Waals surface area contributed by atoms with Gasteiger partial charge in [-0.3, -0.25) is 4.28 Å². The SMILES string of the molecule is Cc1ccc(S(=O)(=O)ON=C2CCSc3ccc(C)cc32)cc1. The van der Waals surface area contributed by atoms with E-state index < -0.39 is 10.1 Å². The molecule has 0 spiro atoms. The van der Waals surface area contributed by atoms with Gasteiger partial charge in [0.2, 0.25) is 0 Å². The summed E-state index contributed by atoms with van der Waals surface area (Å²) in [5, 5.41) is 3.95. The highest BCUT2D eigenvalue weighted by atomic mass is 32.2. The van der Waals surface area contributed by atoms with E-state index in [4.69, 9.17) is 4.28 Å². The molecule has 120 valence electrons. The summed E-state index contributed by atoms with van der Waals surface area (Å²) >= 11 is 1.75. The van der Waals surface area contributed by atoms with Crippen LogP contribution in [0.25, 0.3) is 0 Å². The predicted molar refractivity (Wildman–Crippen MR) is 92.5 cm³/mol. The Bertz CT molecular complexity index is 856. The molecule has 0 unspecified atom stereocenters. The third kappa shape index (κ3) is 3.59. The summed E-state index contributed by atoms with van der Waals surface area (Å²) < 4.78 is 29.4. The van der Waals surface area contributed by atoms with Gasteiger partial charge in [0, 0.05) is 22.6 Å². The van der Waals surface area contributed by atoms with Crippen LogP contribution >= 0.6 is 11.8 Å². The largest absolute Gasteiger partial charge is 0.358 e. The van der Waals surface area contributed by atoms with Crippen LogP contribution in [0.15, 0.2) is 57.4 Å². The lowest BCUT2D eigenvalue weighted by Gasteiger charge is -2.17. The summed E-state index contributed by atoms with van der Waals surface area (Å²) in [5.74, 6) is 0.864. The maximum absolute atomic E-state index is 12.2. The van der Waals surface area contributed by atoms with Gasteiger partial charge in [-0.15, -0.1) is 11.8 Å². The number of aryl methyl sites for hydroxylation is 2. The molecule has 6 heteroatoms. The Kier molecular flexibility index (Phi) is 4.46. The molecule has 1 aliphatic heterocycles. The number of nitrogens with zero attached hydrogens (tertiary/aromatic N) is 1. The molecular formula is C17H17NO3S2. The molecule has 3 rings (SSSR count). The van der Waals surface area contributed by atoms with E-state index in [1.807, 2.05) is 32.0 Å². The van der Waals surface area contributed by atoms with Crippen LogP contribution in [-0.2, 0) is 14.4 Å². The molecule has 0 saturated heterocycles. The summed E-state index contributed by atoms with van der Waals surface area (Å²) in [7, 11) is -3.88. The fourth-order valence-electron chi connectivity index (χ4n) is 2.32. The Morgan fingerprint density at radius 1 is 1.04 bits per heavy atom. The third-order valence-corrected chi connectivity index (χ3v) is 5.79. The van der Waals surface area contributed by atoms with Crippen LogP contribution in [0.4, 0.5) is 0 Å². The monoisotopic (exact) mass is 347 g/mol. The van der Waals surface area contributed by atoms with Crippen molar-refractivity contribution in [2.45, 2.75) is 30.1 Å². The summed E-state index contributed by atoms with van der Waals surface area (Å²) in [4.78, 5) is 1.22. The van der Waals surface area contributed by atoms with Crippen molar-refractivity contribution in [3.05, 3.63) is 59.2 Å². The van der Waals surface area contributed by atoms with Crippen molar-refractivity contribution >= 4 is 27.6 Å². The minimum atomic E-state index is -3.88. The second-order valence-electron chi connectivity index (χ2n) is 5.48. The second kappa shape index (κ2) is 6.37. The second-order valence-corrected chi connectivity index (χ2v) is 8.14. The molecule has 0 radical (unpaired) electrons. The van der Waals surface area contributed by atoms with Gasteiger partial charge in [-0.25, -0.2) is 0 Å². The number of benzene rings is 2. The van der Waals surface area contributed by atoms with E-state index in [0.717, 1.165) is 27.3 Å². The van der Waals surface area contributed by atoms with Gasteiger partial charge >= 0.3 is 10.1 Å². The van der Waals surface area contributed by atoms with Crippen LogP contribution in [0.5, 0.6) is 0 Å². The predicted octanol–water partition coefficient (Wildman–Crippen LogP) is 3.91. The Morgan fingerprint density at radius 2 is 1.74 bits per heavy atom. The van der Waals surface area contributed by atoms with E-state index in [-0.39, 0.29) is 4.90 Å². The number of hydrogen-bond donors (Lipinski definition) is 0. The summed E-state index contributed by atoms with van der Waals surface area (Å²) in [5.41, 5.74) is 3.74. The smallest absolute Gasteiger partial charge is 0.264 e. The fraction of sp³-hybridized carbons (Fsp3) is 0.235. The first-order chi connectivity index (χ1) is 11.0. The van der Waals surface area contributed by atoms with Gasteiger partial charge in [0.05, 0.1) is 5.71 Å². The van der Waals surface area contributed by atoms with Crippen molar-refractivity contribution in [3.8, 4) is 0 Å². The van der Waals surface area contributed by atoms with E-state index in [2.05, 4.69) is 5.16 Å². The zero-order valence-corrected chi connectivity index (χ0v) is 14.6. The highest BCUT2D eigenvalue weighted by Gasteiger charge is 2.20. The topological polar surface area (TPSA) is 55.7 Å². The van der Waals surface area contributed by atoms with Crippen LogP contribution in [0.1, 0.15) is 23.1 Å². The molecule has 0 atom stereocenters. The molecule has 1 aliphatic rings. The van der Waals surface area contributed by atoms with Gasteiger partial charge in [-0.05, 0) is 38.1 Å². The Morgan fingerprint density at radius 3 is 2.48 bits per heavy atom. The zero-order chi connectivity index (χ0) is 16.4. The van der Waals surface area contributed by atoms with Crippen molar-refractivity contribution in [1.82, 2.24) is 0 Å². The summed E-state index contributed by atoms with van der Waals surface area (Å²) in [6, 6.07) is 12.6. The summed E-state index contributed by atoms with van der Waals surface area (Å²) in [6.07, 6.45) is 0.685. The van der Waals surface area contributed by atoms with Crippen molar-refractivity contribution in [2.75, 3.05) is 5.75 Å². The average molecular weight is 347 g/mol. The van der Waals surface area contributed by atoms with Crippen LogP contribution < -0.4 is 0 Å². The normalized spacial score (nSPS) is 16.2. The lowest BCUT2D eigenvalue weighted by atomic mass is 10.1. The number of oxime groups is 1. The highest BCUT2D eigenvalue weighted by Crippen LogP contribution is 2.31. The first kappa shape index (κ1) is 16.1. The molecule has 0 amide bonds. The number of thioether (sulfide) groups is 1. The highest BCUT2D eigenvalue weighted by molar-refractivity contribution is 7.99. The molecule has 4 nitrogen and oxygen atoms in total. The maximum atomic E-state index is 12.2. The van der Waals surface area contributed by atoms with Crippen LogP contribution in [0, 0.1) is 13.8 Å². The van der Waals surface area contributed by atoms with Crippen LogP contribution in [0.2, 0.25) is 0 Å². The molecule has 0 fully saturated rings. The molecule has 0 N–H and O–H groups in total. The minimum Gasteiger partial charge on any atom is -0.264 e. The fourth-order valence-corrected chi connectivity index (χ4v) is 4.08. The van der Waals surface area contributed by atoms with Gasteiger partial charge < -0.3 is 0 Å². The molecule has 0 aromatic heterocycles. The zero-order valence-electron chi connectivity index (χ0n) is 12.9. The maximum Gasteiger partial charge on any atom is 0.358 e. The van der Waals surface area contributed by atoms with E-state index in [0.29, 0.717) is 12.1 Å². The van der Waals surface area contributed by atoms with Crippen LogP contribution in [-0.4, -0.2) is 19.9 Å². The van der Waals surface area contributed by atoms with Gasteiger partial charge in [-0.1, -0.05) is 34.5 Å². The van der Waals surface area contributed by atoms with Crippen molar-refractivity contribution in [3.63, 3.8) is 0 Å². The van der Waals surface area contributed by atoms with Crippen molar-refractivity contribution < 1.29 is 12.7 Å². The number of rotatable bonds is 3. The first-order valence-corrected chi connectivity index (χ1v) is 9.66. The lowest BCUT2D eigenvalue weighted by molar-refractivity contribution is 0.338. The first-order valence-electron chi connectivity index (χ1n) is 7.27. The molecular weight excluding hydrogens is 330 g/mol. The third-order valence-electron chi connectivity index (χ3n) is 3.60. The van der Waals surface area contributed by atoms with Crippen LogP contribution in [0.3, 0.4) is 0 Å². The molecule has 2 aromatic carbocycles. The molecule has 2 aromatic rings. The molecule has 0 bridgehead atoms. The molecule has 23 heavy (non-hydrogen) atoms. The number of fused-ring (bicyclic) bond motifs is 1. The van der Waals surface area contributed by atoms with Crippen molar-refractivity contribution in [2.24, 2.45) is 5.16 Å². The van der Waals surface area contributed by atoms with Gasteiger partial charge in [0.15, 0.2) is 0 Å².